The first kappa shape index (κ1) is 32.5. The number of rotatable bonds is 3. The van der Waals surface area contributed by atoms with Crippen molar-refractivity contribution >= 4 is 92.4 Å². The predicted molar refractivity (Wildman–Crippen MR) is 158 cm³/mol. The molecule has 1 atom stereocenters. The number of imide groups is 1. The van der Waals surface area contributed by atoms with Crippen molar-refractivity contribution in [1.29, 1.82) is 0 Å². The van der Waals surface area contributed by atoms with E-state index in [1.54, 1.807) is 41.5 Å². The highest BCUT2D eigenvalue weighted by atomic mass is 35.5. The highest BCUT2D eigenvalue weighted by Crippen LogP contribution is 2.45. The number of hydrogen-bond donors (Lipinski definition) is 1. The van der Waals surface area contributed by atoms with E-state index in [2.05, 4.69) is 5.32 Å². The Balaban J connectivity index is 1.65. The molecule has 0 spiro atoms. The first-order valence-electron chi connectivity index (χ1n) is 12.5. The van der Waals surface area contributed by atoms with Gasteiger partial charge in [-0.05, 0) is 47.1 Å². The average molecular weight is 680 g/mol. The summed E-state index contributed by atoms with van der Waals surface area (Å²) in [6.45, 7) is 9.50. The van der Waals surface area contributed by atoms with E-state index in [9.17, 15) is 24.0 Å². The molecule has 42 heavy (non-hydrogen) atoms. The van der Waals surface area contributed by atoms with Crippen molar-refractivity contribution in [1.82, 2.24) is 4.90 Å². The van der Waals surface area contributed by atoms with Crippen LogP contribution in [0.3, 0.4) is 0 Å². The summed E-state index contributed by atoms with van der Waals surface area (Å²) in [5, 5.41) is 2.22. The van der Waals surface area contributed by atoms with E-state index in [0.29, 0.717) is 10.4 Å². The number of nitrogens with zero attached hydrogens (tertiary/aromatic N) is 1. The van der Waals surface area contributed by atoms with Gasteiger partial charge in [0, 0.05) is 16.9 Å². The summed E-state index contributed by atoms with van der Waals surface area (Å²) in [6, 6.07) is 0. The summed E-state index contributed by atoms with van der Waals surface area (Å²) in [6.07, 6.45) is -1.32. The van der Waals surface area contributed by atoms with Crippen molar-refractivity contribution in [2.24, 2.45) is 0 Å². The van der Waals surface area contributed by atoms with Crippen LogP contribution in [0.4, 0.5) is 5.00 Å². The molecule has 0 radical (unpaired) electrons. The van der Waals surface area contributed by atoms with E-state index < -0.39 is 47.0 Å². The van der Waals surface area contributed by atoms with E-state index in [4.69, 9.17) is 60.6 Å². The Labute approximate surface area is 265 Å². The molecular formula is C27H26Cl4N2O8S. The maximum Gasteiger partial charge on any atom is 0.397 e. The average Bonchev–Trinajstić information content (AvgIpc) is 3.40. The highest BCUT2D eigenvalue weighted by molar-refractivity contribution is 7.17. The first-order valence-corrected chi connectivity index (χ1v) is 14.9. The number of carbonyl (C=O) groups excluding carboxylic acids is 5. The van der Waals surface area contributed by atoms with E-state index in [1.807, 2.05) is 0 Å². The number of nitrogens with one attached hydrogen (secondary N) is 1. The third kappa shape index (κ3) is 6.41. The molecule has 0 bridgehead atoms. The number of hydrogen-bond acceptors (Lipinski definition) is 9. The van der Waals surface area contributed by atoms with Crippen LogP contribution in [0.15, 0.2) is 0 Å². The van der Waals surface area contributed by atoms with Gasteiger partial charge in [0.05, 0.1) is 44.4 Å². The van der Waals surface area contributed by atoms with Gasteiger partial charge in [-0.25, -0.2) is 9.59 Å². The third-order valence-corrected chi connectivity index (χ3v) is 8.95. The van der Waals surface area contributed by atoms with E-state index in [1.165, 1.54) is 0 Å². The Hall–Kier alpha value is -2.41. The van der Waals surface area contributed by atoms with E-state index >= 15 is 0 Å². The molecule has 0 fully saturated rings. The molecule has 10 nitrogen and oxygen atoms in total. The fraction of sp³-hybridized carbons (Fsp3) is 0.444. The van der Waals surface area contributed by atoms with Gasteiger partial charge in [0.1, 0.15) is 22.3 Å². The lowest BCUT2D eigenvalue weighted by atomic mass is 9.99. The zero-order valence-electron chi connectivity index (χ0n) is 23.3. The Bertz CT molecular complexity index is 1540. The molecule has 3 heterocycles. The summed E-state index contributed by atoms with van der Waals surface area (Å²) in [5.74, 6) is -4.44. The third-order valence-electron chi connectivity index (χ3n) is 5.99. The molecule has 226 valence electrons. The molecule has 0 saturated carbocycles. The van der Waals surface area contributed by atoms with Crippen LogP contribution in [0.5, 0.6) is 0 Å². The molecule has 1 N–H and O–H groups in total. The molecule has 15 heteroatoms. The molecule has 4 rings (SSSR count). The normalized spacial score (nSPS) is 16.6. The van der Waals surface area contributed by atoms with Gasteiger partial charge in [-0.2, -0.15) is 0 Å². The van der Waals surface area contributed by atoms with Crippen LogP contribution in [-0.2, 0) is 48.2 Å². The second kappa shape index (κ2) is 11.6. The van der Waals surface area contributed by atoms with Gasteiger partial charge in [-0.1, -0.05) is 46.4 Å². The van der Waals surface area contributed by atoms with Crippen LogP contribution in [0.25, 0.3) is 0 Å². The minimum absolute atomic E-state index is 0.00647. The Kier molecular flexibility index (Phi) is 8.97. The number of esters is 2. The fourth-order valence-electron chi connectivity index (χ4n) is 4.30. The topological polar surface area (TPSA) is 128 Å². The maximum absolute atomic E-state index is 13.6. The number of carbonyl (C=O) groups is 5. The largest absolute Gasteiger partial charge is 0.456 e. The molecular weight excluding hydrogens is 654 g/mol. The van der Waals surface area contributed by atoms with Gasteiger partial charge in [-0.15, -0.1) is 11.3 Å². The van der Waals surface area contributed by atoms with Crippen LogP contribution >= 0.6 is 57.7 Å². The Morgan fingerprint density at radius 3 is 2.10 bits per heavy atom. The lowest BCUT2D eigenvalue weighted by molar-refractivity contribution is -0.161. The number of ether oxygens (including phenoxy) is 3. The molecule has 2 aliphatic rings. The molecule has 1 aromatic heterocycles. The van der Waals surface area contributed by atoms with Gasteiger partial charge in [0.25, 0.3) is 11.8 Å². The van der Waals surface area contributed by atoms with Crippen LogP contribution < -0.4 is 5.32 Å². The van der Waals surface area contributed by atoms with Crippen molar-refractivity contribution in [2.45, 2.75) is 78.4 Å². The van der Waals surface area contributed by atoms with E-state index in [-0.39, 0.29) is 61.4 Å². The minimum Gasteiger partial charge on any atom is -0.456 e. The van der Waals surface area contributed by atoms with Crippen LogP contribution in [0, 0.1) is 0 Å². The number of fused-ring (bicyclic) bond motifs is 2. The standard InChI is InChI=1S/C27H26Cl4N2O8S/c1-26(2,3)40-24(37)15-10-7-12(39-9-13(10)42-21(15)32-20(34)25(38)41-27(4,5)6)22(35)33-8-11-14(23(33)36)17(29)19(31)18(30)16(11)28/h12H,7-9H2,1-6H3,(H,32,34). The zero-order chi connectivity index (χ0) is 31.5. The Morgan fingerprint density at radius 1 is 0.905 bits per heavy atom. The zero-order valence-corrected chi connectivity index (χ0v) is 27.2. The lowest BCUT2D eigenvalue weighted by Gasteiger charge is -2.26. The molecule has 3 amide bonds. The van der Waals surface area contributed by atoms with Crippen molar-refractivity contribution < 1.29 is 38.2 Å². The number of anilines is 1. The summed E-state index contributed by atoms with van der Waals surface area (Å²) in [7, 11) is 0. The second-order valence-corrected chi connectivity index (χ2v) is 14.1. The smallest absolute Gasteiger partial charge is 0.397 e. The number of thiophene rings is 1. The van der Waals surface area contributed by atoms with Crippen LogP contribution in [0.1, 0.15) is 78.3 Å². The van der Waals surface area contributed by atoms with Crippen LogP contribution in [-0.4, -0.2) is 51.9 Å². The van der Waals surface area contributed by atoms with Crippen molar-refractivity contribution in [3.8, 4) is 0 Å². The fourth-order valence-corrected chi connectivity index (χ4v) is 6.47. The Morgan fingerprint density at radius 2 is 1.50 bits per heavy atom. The summed E-state index contributed by atoms with van der Waals surface area (Å²) in [5.41, 5.74) is -1.24. The molecule has 0 aliphatic carbocycles. The SMILES string of the molecule is CC(C)(C)OC(=O)C(=O)Nc1sc2c(c1C(=O)OC(C)(C)C)CC(C(=O)N1Cc3c(Cl)c(Cl)c(Cl)c(Cl)c3C1=O)OC2. The highest BCUT2D eigenvalue weighted by Gasteiger charge is 2.43. The summed E-state index contributed by atoms with van der Waals surface area (Å²) < 4.78 is 16.5. The first-order chi connectivity index (χ1) is 19.3. The van der Waals surface area contributed by atoms with Crippen molar-refractivity contribution in [3.63, 3.8) is 0 Å². The summed E-state index contributed by atoms with van der Waals surface area (Å²) in [4.78, 5) is 66.6. The predicted octanol–water partition coefficient (Wildman–Crippen LogP) is 6.22. The van der Waals surface area contributed by atoms with Crippen LogP contribution in [0.2, 0.25) is 20.1 Å². The molecule has 1 aromatic carbocycles. The van der Waals surface area contributed by atoms with Gasteiger partial charge in [0.2, 0.25) is 0 Å². The van der Waals surface area contributed by atoms with Crippen molar-refractivity contribution in [2.75, 3.05) is 5.32 Å². The lowest BCUT2D eigenvalue weighted by Crippen LogP contribution is -2.43. The number of amides is 3. The molecule has 1 unspecified atom stereocenters. The van der Waals surface area contributed by atoms with Gasteiger partial charge in [0.15, 0.2) is 0 Å². The molecule has 2 aromatic rings. The van der Waals surface area contributed by atoms with Gasteiger partial charge in [-0.3, -0.25) is 19.3 Å². The maximum atomic E-state index is 13.6. The van der Waals surface area contributed by atoms with E-state index in [0.717, 1.165) is 16.2 Å². The second-order valence-electron chi connectivity index (χ2n) is 11.5. The van der Waals surface area contributed by atoms with Gasteiger partial charge >= 0.3 is 17.8 Å². The number of halogens is 4. The number of benzene rings is 1. The van der Waals surface area contributed by atoms with Crippen molar-refractivity contribution in [3.05, 3.63) is 47.2 Å². The monoisotopic (exact) mass is 678 g/mol. The molecule has 2 aliphatic heterocycles. The van der Waals surface area contributed by atoms with Gasteiger partial charge < -0.3 is 19.5 Å². The quantitative estimate of drug-likeness (QED) is 0.133. The summed E-state index contributed by atoms with van der Waals surface area (Å²) >= 11 is 25.8. The molecule has 0 saturated heterocycles. The minimum atomic E-state index is -1.19.